The second-order valence-electron chi connectivity index (χ2n) is 6.26. The van der Waals surface area contributed by atoms with Crippen LogP contribution in [0, 0.1) is 0 Å². The van der Waals surface area contributed by atoms with Gasteiger partial charge in [-0.25, -0.2) is 0 Å². The van der Waals surface area contributed by atoms with E-state index < -0.39 is 20.2 Å². The van der Waals surface area contributed by atoms with Gasteiger partial charge in [-0.3, -0.25) is 9.11 Å². The van der Waals surface area contributed by atoms with Crippen LogP contribution in [0.1, 0.15) is 5.56 Å². The number of hydrogen-bond acceptors (Lipinski definition) is 6. The minimum Gasteiger partial charge on any atom is -0.329 e. The molecule has 0 saturated carbocycles. The largest absolute Gasteiger partial charge is 0.329 e. The van der Waals surface area contributed by atoms with Crippen molar-refractivity contribution in [1.29, 1.82) is 0 Å². The summed E-state index contributed by atoms with van der Waals surface area (Å²) in [5, 5.41) is 0. The van der Waals surface area contributed by atoms with Crippen LogP contribution in [0.2, 0.25) is 0 Å². The molecule has 0 heterocycles. The molecule has 0 spiro atoms. The van der Waals surface area contributed by atoms with Gasteiger partial charge in [-0.1, -0.05) is 66.7 Å². The molecule has 0 aliphatic rings. The first kappa shape index (κ1) is 30.1. The summed E-state index contributed by atoms with van der Waals surface area (Å²) in [6.07, 6.45) is 0.872. The average Bonchev–Trinajstić information content (AvgIpc) is 2.75. The van der Waals surface area contributed by atoms with Gasteiger partial charge < -0.3 is 11.5 Å². The van der Waals surface area contributed by atoms with Gasteiger partial charge in [-0.15, -0.1) is 0 Å². The quantitative estimate of drug-likeness (QED) is 0.303. The van der Waals surface area contributed by atoms with E-state index in [1.165, 1.54) is 29.8 Å². The van der Waals surface area contributed by atoms with Crippen LogP contribution in [0.25, 0.3) is 0 Å². The average molecular weight is 662 g/mol. The Morgan fingerprint density at radius 1 is 0.656 bits per heavy atom. The van der Waals surface area contributed by atoms with Crippen LogP contribution in [0.4, 0.5) is 0 Å². The van der Waals surface area contributed by atoms with Crippen molar-refractivity contribution < 1.29 is 47.0 Å². The second kappa shape index (κ2) is 15.0. The van der Waals surface area contributed by atoms with Gasteiger partial charge in [0.1, 0.15) is 0 Å². The van der Waals surface area contributed by atoms with E-state index in [1.54, 1.807) is 36.4 Å². The van der Waals surface area contributed by atoms with E-state index >= 15 is 0 Å². The van der Waals surface area contributed by atoms with Crippen molar-refractivity contribution in [3.05, 3.63) is 96.6 Å². The summed E-state index contributed by atoms with van der Waals surface area (Å²) >= 11 is 0. The molecule has 1 atom stereocenters. The van der Waals surface area contributed by atoms with Crippen LogP contribution in [0.5, 0.6) is 0 Å². The molecule has 0 fully saturated rings. The Morgan fingerprint density at radius 3 is 1.22 bits per heavy atom. The van der Waals surface area contributed by atoms with Crippen LogP contribution in [0.3, 0.4) is 0 Å². The Labute approximate surface area is 203 Å². The maximum atomic E-state index is 10.4. The van der Waals surface area contributed by atoms with Crippen molar-refractivity contribution in [2.75, 3.05) is 6.54 Å². The van der Waals surface area contributed by atoms with Crippen molar-refractivity contribution in [2.45, 2.75) is 22.3 Å². The van der Waals surface area contributed by atoms with Crippen molar-refractivity contribution in [1.82, 2.24) is 0 Å². The van der Waals surface area contributed by atoms with Crippen LogP contribution in [0.15, 0.2) is 101 Å². The maximum Gasteiger partial charge on any atom is 0.294 e. The minimum absolute atomic E-state index is 0. The second-order valence-corrected chi connectivity index (χ2v) is 9.10. The first-order valence-corrected chi connectivity index (χ1v) is 12.0. The standard InChI is InChI=1S/C9H14N2.2C6H6O3S.Pt/c10-7-9(11)6-8-4-2-1-3-5-8;2*7-10(8,9)6-4-2-1-3-5-6;/h1-5,9H,6-7,10-11H2;2*1-5H,(H,7,8,9);. The Bertz CT molecular complexity index is 1030. The summed E-state index contributed by atoms with van der Waals surface area (Å²) < 4.78 is 58.5. The Morgan fingerprint density at radius 2 is 0.969 bits per heavy atom. The van der Waals surface area contributed by atoms with Crippen molar-refractivity contribution in [3.8, 4) is 0 Å². The van der Waals surface area contributed by atoms with Gasteiger partial charge in [-0.05, 0) is 36.2 Å². The summed E-state index contributed by atoms with van der Waals surface area (Å²) in [6, 6.07) is 25.1. The first-order valence-electron chi connectivity index (χ1n) is 9.08. The monoisotopic (exact) mass is 661 g/mol. The summed E-state index contributed by atoms with van der Waals surface area (Å²) in [5.41, 5.74) is 12.3. The zero-order chi connectivity index (χ0) is 23.3. The molecule has 0 bridgehead atoms. The molecular formula is C21H26N2O6PtS2. The third-order valence-electron chi connectivity index (χ3n) is 3.73. The molecule has 178 valence electrons. The summed E-state index contributed by atoms with van der Waals surface area (Å²) in [6.45, 7) is 0.550. The third-order valence-corrected chi connectivity index (χ3v) is 5.46. The zero-order valence-electron chi connectivity index (χ0n) is 17.0. The molecule has 11 heteroatoms. The van der Waals surface area contributed by atoms with E-state index in [1.807, 2.05) is 18.2 Å². The minimum atomic E-state index is -4.00. The number of hydrogen-bond donors (Lipinski definition) is 4. The Balaban J connectivity index is 0.000000444. The zero-order valence-corrected chi connectivity index (χ0v) is 20.9. The molecule has 3 rings (SSSR count). The van der Waals surface area contributed by atoms with E-state index in [4.69, 9.17) is 20.6 Å². The summed E-state index contributed by atoms with van der Waals surface area (Å²) in [7, 11) is -8.01. The summed E-state index contributed by atoms with van der Waals surface area (Å²) in [5.74, 6) is 0. The topological polar surface area (TPSA) is 161 Å². The van der Waals surface area contributed by atoms with E-state index in [2.05, 4.69) is 12.1 Å². The smallest absolute Gasteiger partial charge is 0.294 e. The van der Waals surface area contributed by atoms with E-state index in [-0.39, 0.29) is 36.9 Å². The molecule has 8 nitrogen and oxygen atoms in total. The van der Waals surface area contributed by atoms with Crippen LogP contribution < -0.4 is 11.5 Å². The van der Waals surface area contributed by atoms with Crippen LogP contribution in [-0.4, -0.2) is 38.5 Å². The van der Waals surface area contributed by atoms with Gasteiger partial charge in [0.25, 0.3) is 20.2 Å². The third kappa shape index (κ3) is 12.8. The summed E-state index contributed by atoms with van der Waals surface area (Å²) in [4.78, 5) is -0.148. The van der Waals surface area contributed by atoms with E-state index in [0.29, 0.717) is 6.54 Å². The maximum absolute atomic E-state index is 10.4. The van der Waals surface area contributed by atoms with Gasteiger partial charge in [-0.2, -0.15) is 16.8 Å². The number of rotatable bonds is 5. The van der Waals surface area contributed by atoms with Crippen molar-refractivity contribution in [3.63, 3.8) is 0 Å². The van der Waals surface area contributed by atoms with Gasteiger partial charge in [0.15, 0.2) is 0 Å². The normalized spacial score (nSPS) is 11.5. The molecule has 6 N–H and O–H groups in total. The predicted molar refractivity (Wildman–Crippen MR) is 120 cm³/mol. The van der Waals surface area contributed by atoms with Crippen molar-refractivity contribution >= 4 is 20.2 Å². The SMILES string of the molecule is NCC(N)Cc1ccccc1.O=S(=O)(O)c1ccccc1.O=S(=O)(O)c1ccccc1.[Pt]. The molecular weight excluding hydrogens is 635 g/mol. The molecule has 0 saturated heterocycles. The fourth-order valence-electron chi connectivity index (χ4n) is 2.19. The van der Waals surface area contributed by atoms with Gasteiger partial charge in [0, 0.05) is 33.7 Å². The number of benzene rings is 3. The van der Waals surface area contributed by atoms with Gasteiger partial charge >= 0.3 is 0 Å². The Hall–Kier alpha value is -1.91. The molecule has 0 aliphatic heterocycles. The van der Waals surface area contributed by atoms with Crippen molar-refractivity contribution in [2.24, 2.45) is 11.5 Å². The van der Waals surface area contributed by atoms with Crippen LogP contribution in [-0.2, 0) is 47.7 Å². The molecule has 32 heavy (non-hydrogen) atoms. The van der Waals surface area contributed by atoms with E-state index in [9.17, 15) is 16.8 Å². The molecule has 3 aromatic carbocycles. The van der Waals surface area contributed by atoms with Crippen LogP contribution >= 0.6 is 0 Å². The fraction of sp³-hybridized carbons (Fsp3) is 0.143. The Kier molecular flexibility index (Phi) is 14.1. The molecule has 3 aromatic rings. The first-order chi connectivity index (χ1) is 14.5. The number of nitrogens with two attached hydrogens (primary N) is 2. The molecule has 0 amide bonds. The molecule has 1 unspecified atom stereocenters. The van der Waals surface area contributed by atoms with Gasteiger partial charge in [0.2, 0.25) is 0 Å². The molecule has 0 radical (unpaired) electrons. The predicted octanol–water partition coefficient (Wildman–Crippen LogP) is 2.38. The fourth-order valence-corrected chi connectivity index (χ4v) is 3.19. The molecule has 0 aromatic heterocycles. The molecule has 0 aliphatic carbocycles. The van der Waals surface area contributed by atoms with Gasteiger partial charge in [0.05, 0.1) is 9.79 Å². The van der Waals surface area contributed by atoms with E-state index in [0.717, 1.165) is 6.42 Å².